The number of hydrogen-bond donors (Lipinski definition) is 1. The van der Waals surface area contributed by atoms with E-state index < -0.39 is 0 Å². The van der Waals surface area contributed by atoms with Crippen LogP contribution in [0.15, 0.2) is 24.3 Å². The van der Waals surface area contributed by atoms with Crippen LogP contribution in [0.5, 0.6) is 11.5 Å². The lowest BCUT2D eigenvalue weighted by molar-refractivity contribution is -0.111. The number of rotatable bonds is 3. The second-order valence-corrected chi connectivity index (χ2v) is 5.10. The maximum absolute atomic E-state index is 12.0. The minimum atomic E-state index is -0.207. The SMILES string of the molecule is Cc1nn(C)c(C)c1C=CC(=O)Nc1ccc2c(c1)OCO2. The Morgan fingerprint density at radius 3 is 2.82 bits per heavy atom. The zero-order chi connectivity index (χ0) is 15.7. The molecule has 1 aromatic heterocycles. The molecule has 0 aliphatic carbocycles. The maximum atomic E-state index is 12.0. The van der Waals surface area contributed by atoms with Crippen LogP contribution in [0.2, 0.25) is 0 Å². The molecule has 6 heteroatoms. The first kappa shape index (κ1) is 14.2. The smallest absolute Gasteiger partial charge is 0.248 e. The van der Waals surface area contributed by atoms with E-state index >= 15 is 0 Å². The summed E-state index contributed by atoms with van der Waals surface area (Å²) in [4.78, 5) is 12.0. The van der Waals surface area contributed by atoms with Gasteiger partial charge in [-0.2, -0.15) is 5.10 Å². The van der Waals surface area contributed by atoms with Gasteiger partial charge in [-0.1, -0.05) is 0 Å². The molecule has 0 bridgehead atoms. The molecule has 2 aromatic rings. The molecule has 1 N–H and O–H groups in total. The lowest BCUT2D eigenvalue weighted by Crippen LogP contribution is -2.07. The molecular weight excluding hydrogens is 282 g/mol. The fraction of sp³-hybridized carbons (Fsp3) is 0.250. The molecule has 1 aromatic carbocycles. The predicted molar refractivity (Wildman–Crippen MR) is 82.9 cm³/mol. The normalized spacial score (nSPS) is 12.9. The van der Waals surface area contributed by atoms with Gasteiger partial charge in [0.25, 0.3) is 0 Å². The summed E-state index contributed by atoms with van der Waals surface area (Å²) >= 11 is 0. The van der Waals surface area contributed by atoms with Crippen LogP contribution in [0.4, 0.5) is 5.69 Å². The predicted octanol–water partition coefficient (Wildman–Crippen LogP) is 2.42. The molecule has 0 atom stereocenters. The number of ether oxygens (including phenoxy) is 2. The zero-order valence-corrected chi connectivity index (χ0v) is 12.7. The van der Waals surface area contributed by atoms with Gasteiger partial charge in [-0.25, -0.2) is 0 Å². The number of anilines is 1. The van der Waals surface area contributed by atoms with Crippen molar-refractivity contribution in [3.8, 4) is 11.5 Å². The van der Waals surface area contributed by atoms with Gasteiger partial charge < -0.3 is 14.8 Å². The third-order valence-corrected chi connectivity index (χ3v) is 3.61. The molecule has 1 amide bonds. The van der Waals surface area contributed by atoms with E-state index in [4.69, 9.17) is 9.47 Å². The van der Waals surface area contributed by atoms with Gasteiger partial charge in [-0.15, -0.1) is 0 Å². The lowest BCUT2D eigenvalue weighted by Gasteiger charge is -2.03. The van der Waals surface area contributed by atoms with Crippen molar-refractivity contribution in [3.05, 3.63) is 41.2 Å². The Labute approximate surface area is 128 Å². The average Bonchev–Trinajstić information content (AvgIpc) is 3.02. The third kappa shape index (κ3) is 2.67. The second-order valence-electron chi connectivity index (χ2n) is 5.10. The van der Waals surface area contributed by atoms with E-state index in [-0.39, 0.29) is 12.7 Å². The fourth-order valence-corrected chi connectivity index (χ4v) is 2.35. The number of aryl methyl sites for hydroxylation is 2. The Hall–Kier alpha value is -2.76. The summed E-state index contributed by atoms with van der Waals surface area (Å²) in [5.41, 5.74) is 3.54. The van der Waals surface area contributed by atoms with Crippen molar-refractivity contribution in [3.63, 3.8) is 0 Å². The molecular formula is C16H17N3O3. The monoisotopic (exact) mass is 299 g/mol. The number of aromatic nitrogens is 2. The Bertz CT molecular complexity index is 762. The molecule has 0 saturated heterocycles. The van der Waals surface area contributed by atoms with Crippen LogP contribution in [0.3, 0.4) is 0 Å². The summed E-state index contributed by atoms with van der Waals surface area (Å²) in [7, 11) is 1.88. The highest BCUT2D eigenvalue weighted by molar-refractivity contribution is 6.02. The standard InChI is InChI=1S/C16H17N3O3/c1-10-13(11(2)19(3)18-10)5-7-16(20)17-12-4-6-14-15(8-12)22-9-21-14/h4-8H,9H2,1-3H3,(H,17,20). The van der Waals surface area contributed by atoms with E-state index in [9.17, 15) is 4.79 Å². The average molecular weight is 299 g/mol. The van der Waals surface area contributed by atoms with Crippen molar-refractivity contribution >= 4 is 17.7 Å². The molecule has 0 unspecified atom stereocenters. The molecule has 114 valence electrons. The first-order chi connectivity index (χ1) is 10.5. The molecule has 1 aliphatic rings. The number of nitrogens with zero attached hydrogens (tertiary/aromatic N) is 2. The first-order valence-corrected chi connectivity index (χ1v) is 6.93. The van der Waals surface area contributed by atoms with Crippen LogP contribution in [0.1, 0.15) is 17.0 Å². The van der Waals surface area contributed by atoms with Crippen LogP contribution in [-0.4, -0.2) is 22.5 Å². The molecule has 0 spiro atoms. The number of nitrogens with one attached hydrogen (secondary N) is 1. The molecule has 2 heterocycles. The Morgan fingerprint density at radius 1 is 1.32 bits per heavy atom. The summed E-state index contributed by atoms with van der Waals surface area (Å²) < 4.78 is 12.3. The van der Waals surface area contributed by atoms with Crippen molar-refractivity contribution in [2.24, 2.45) is 7.05 Å². The molecule has 6 nitrogen and oxygen atoms in total. The third-order valence-electron chi connectivity index (χ3n) is 3.61. The van der Waals surface area contributed by atoms with Crippen LogP contribution in [0.25, 0.3) is 6.08 Å². The number of benzene rings is 1. The molecule has 1 aliphatic heterocycles. The topological polar surface area (TPSA) is 65.4 Å². The lowest BCUT2D eigenvalue weighted by atomic mass is 10.2. The Morgan fingerprint density at radius 2 is 2.09 bits per heavy atom. The molecule has 0 fully saturated rings. The Balaban J connectivity index is 1.71. The van der Waals surface area contributed by atoms with Gasteiger partial charge in [-0.3, -0.25) is 9.48 Å². The van der Waals surface area contributed by atoms with Gasteiger partial charge in [0.1, 0.15) is 0 Å². The van der Waals surface area contributed by atoms with Gasteiger partial charge in [0.15, 0.2) is 11.5 Å². The number of carbonyl (C=O) groups excluding carboxylic acids is 1. The van der Waals surface area contributed by atoms with Crippen molar-refractivity contribution in [2.45, 2.75) is 13.8 Å². The van der Waals surface area contributed by atoms with Crippen molar-refractivity contribution in [1.82, 2.24) is 9.78 Å². The summed E-state index contributed by atoms with van der Waals surface area (Å²) in [5, 5.41) is 7.11. The molecule has 22 heavy (non-hydrogen) atoms. The van der Waals surface area contributed by atoms with E-state index in [2.05, 4.69) is 10.4 Å². The van der Waals surface area contributed by atoms with Crippen molar-refractivity contribution in [2.75, 3.05) is 12.1 Å². The number of fused-ring (bicyclic) bond motifs is 1. The van der Waals surface area contributed by atoms with Gasteiger partial charge >= 0.3 is 0 Å². The van der Waals surface area contributed by atoms with E-state index in [1.165, 1.54) is 6.08 Å². The van der Waals surface area contributed by atoms with Crippen molar-refractivity contribution in [1.29, 1.82) is 0 Å². The van der Waals surface area contributed by atoms with E-state index in [1.807, 2.05) is 20.9 Å². The summed E-state index contributed by atoms with van der Waals surface area (Å²) in [6, 6.07) is 5.30. The Kier molecular flexibility index (Phi) is 3.58. The van der Waals surface area contributed by atoms with Crippen LogP contribution < -0.4 is 14.8 Å². The number of carbonyl (C=O) groups is 1. The molecule has 3 rings (SSSR count). The summed E-state index contributed by atoms with van der Waals surface area (Å²) in [6.45, 7) is 4.10. The quantitative estimate of drug-likeness (QED) is 0.884. The second kappa shape index (κ2) is 5.55. The van der Waals surface area contributed by atoms with Crippen molar-refractivity contribution < 1.29 is 14.3 Å². The number of amides is 1. The van der Waals surface area contributed by atoms with Crippen LogP contribution >= 0.6 is 0 Å². The van der Waals surface area contributed by atoms with Crippen LogP contribution in [0, 0.1) is 13.8 Å². The van der Waals surface area contributed by atoms with E-state index in [0.717, 1.165) is 17.0 Å². The van der Waals surface area contributed by atoms with Gasteiger partial charge in [0, 0.05) is 36.1 Å². The molecule has 0 radical (unpaired) electrons. The van der Waals surface area contributed by atoms with Crippen LogP contribution in [-0.2, 0) is 11.8 Å². The zero-order valence-electron chi connectivity index (χ0n) is 12.7. The highest BCUT2D eigenvalue weighted by Crippen LogP contribution is 2.34. The van der Waals surface area contributed by atoms with Gasteiger partial charge in [-0.05, 0) is 32.1 Å². The minimum Gasteiger partial charge on any atom is -0.454 e. The number of hydrogen-bond acceptors (Lipinski definition) is 4. The van der Waals surface area contributed by atoms with E-state index in [1.54, 1.807) is 29.0 Å². The fourth-order valence-electron chi connectivity index (χ4n) is 2.35. The summed E-state index contributed by atoms with van der Waals surface area (Å²) in [5.74, 6) is 1.12. The highest BCUT2D eigenvalue weighted by Gasteiger charge is 2.13. The first-order valence-electron chi connectivity index (χ1n) is 6.93. The largest absolute Gasteiger partial charge is 0.454 e. The van der Waals surface area contributed by atoms with E-state index in [0.29, 0.717) is 17.2 Å². The van der Waals surface area contributed by atoms with Gasteiger partial charge in [0.05, 0.1) is 5.69 Å². The van der Waals surface area contributed by atoms with Gasteiger partial charge in [0.2, 0.25) is 12.7 Å². The maximum Gasteiger partial charge on any atom is 0.248 e. The highest BCUT2D eigenvalue weighted by atomic mass is 16.7. The molecule has 0 saturated carbocycles. The minimum absolute atomic E-state index is 0.207. The summed E-state index contributed by atoms with van der Waals surface area (Å²) in [6.07, 6.45) is 3.28.